The lowest BCUT2D eigenvalue weighted by molar-refractivity contribution is 0.111. The molecule has 0 aliphatic rings. The first kappa shape index (κ1) is 8.87. The maximum Gasteiger partial charge on any atom is 0.168 e. The number of hydrogen-bond donors (Lipinski definition) is 1. The van der Waals surface area contributed by atoms with E-state index in [1.54, 1.807) is 6.07 Å². The van der Waals surface area contributed by atoms with Gasteiger partial charge in [-0.2, -0.15) is 0 Å². The Morgan fingerprint density at radius 3 is 2.83 bits per heavy atom. The van der Waals surface area contributed by atoms with Crippen molar-refractivity contribution < 1.29 is 9.90 Å². The molecule has 1 heterocycles. The van der Waals surface area contributed by atoms with Crippen molar-refractivity contribution in [2.24, 2.45) is 0 Å². The molecule has 1 rings (SSSR count). The first-order valence-electron chi connectivity index (χ1n) is 3.86. The molecule has 0 amide bonds. The van der Waals surface area contributed by atoms with Crippen LogP contribution in [0, 0.1) is 0 Å². The van der Waals surface area contributed by atoms with Gasteiger partial charge < -0.3 is 5.11 Å². The van der Waals surface area contributed by atoms with Crippen LogP contribution >= 0.6 is 0 Å². The molecule has 0 fully saturated rings. The van der Waals surface area contributed by atoms with E-state index in [0.29, 0.717) is 11.4 Å². The monoisotopic (exact) mass is 165 g/mol. The Bertz CT molecular complexity index is 284. The van der Waals surface area contributed by atoms with Gasteiger partial charge in [0, 0.05) is 0 Å². The lowest BCUT2D eigenvalue weighted by Crippen LogP contribution is -1.99. The number of aromatic nitrogens is 1. The van der Waals surface area contributed by atoms with E-state index in [-0.39, 0.29) is 6.61 Å². The molecule has 0 spiro atoms. The normalized spacial score (nSPS) is 9.83. The Morgan fingerprint density at radius 2 is 2.33 bits per heavy atom. The first-order chi connectivity index (χ1) is 5.81. The van der Waals surface area contributed by atoms with Crippen molar-refractivity contribution in [1.29, 1.82) is 0 Å². The van der Waals surface area contributed by atoms with Crippen molar-refractivity contribution in [3.8, 4) is 0 Å². The van der Waals surface area contributed by atoms with Gasteiger partial charge in [-0.25, -0.2) is 4.98 Å². The maximum atomic E-state index is 10.5. The van der Waals surface area contributed by atoms with E-state index >= 15 is 0 Å². The summed E-state index contributed by atoms with van der Waals surface area (Å²) in [5, 5.41) is 8.74. The summed E-state index contributed by atoms with van der Waals surface area (Å²) in [7, 11) is 0. The first-order valence-corrected chi connectivity index (χ1v) is 3.86. The van der Waals surface area contributed by atoms with Gasteiger partial charge in [0.2, 0.25) is 0 Å². The van der Waals surface area contributed by atoms with Crippen molar-refractivity contribution in [2.75, 3.05) is 0 Å². The zero-order chi connectivity index (χ0) is 8.97. The molecule has 12 heavy (non-hydrogen) atoms. The maximum absolute atomic E-state index is 10.5. The largest absolute Gasteiger partial charge is 0.390 e. The highest BCUT2D eigenvalue weighted by Crippen LogP contribution is 2.06. The molecule has 0 radical (unpaired) electrons. The van der Waals surface area contributed by atoms with Crippen LogP contribution in [-0.4, -0.2) is 16.4 Å². The van der Waals surface area contributed by atoms with Crippen LogP contribution in [0.5, 0.6) is 0 Å². The van der Waals surface area contributed by atoms with Gasteiger partial charge in [-0.1, -0.05) is 13.0 Å². The van der Waals surface area contributed by atoms with Crippen LogP contribution in [0.15, 0.2) is 12.1 Å². The fourth-order valence-corrected chi connectivity index (χ4v) is 1.04. The summed E-state index contributed by atoms with van der Waals surface area (Å²) in [5.41, 5.74) is 1.89. The zero-order valence-corrected chi connectivity index (χ0v) is 6.95. The minimum atomic E-state index is -0.120. The molecule has 0 aliphatic carbocycles. The van der Waals surface area contributed by atoms with E-state index in [0.717, 1.165) is 18.3 Å². The molecule has 0 atom stereocenters. The highest BCUT2D eigenvalue weighted by molar-refractivity contribution is 5.74. The van der Waals surface area contributed by atoms with E-state index in [2.05, 4.69) is 4.98 Å². The van der Waals surface area contributed by atoms with E-state index in [1.807, 2.05) is 13.0 Å². The average molecular weight is 165 g/mol. The number of pyridine rings is 1. The van der Waals surface area contributed by atoms with Gasteiger partial charge in [0.1, 0.15) is 5.69 Å². The SMILES string of the molecule is CCc1ccc(CO)nc1C=O. The molecular formula is C9H11NO2. The molecule has 3 heteroatoms. The lowest BCUT2D eigenvalue weighted by Gasteiger charge is -2.01. The fraction of sp³-hybridized carbons (Fsp3) is 0.333. The standard InChI is InChI=1S/C9H11NO2/c1-2-7-3-4-8(5-11)10-9(7)6-12/h3-4,6,11H,2,5H2,1H3. The van der Waals surface area contributed by atoms with Gasteiger partial charge in [-0.05, 0) is 18.1 Å². The van der Waals surface area contributed by atoms with Gasteiger partial charge >= 0.3 is 0 Å². The Labute approximate surface area is 71.1 Å². The molecule has 1 aromatic heterocycles. The summed E-state index contributed by atoms with van der Waals surface area (Å²) in [4.78, 5) is 14.5. The molecule has 0 aliphatic heterocycles. The molecule has 0 bridgehead atoms. The second-order valence-electron chi connectivity index (χ2n) is 2.48. The summed E-state index contributed by atoms with van der Waals surface area (Å²) < 4.78 is 0. The Kier molecular flexibility index (Phi) is 2.94. The molecule has 3 nitrogen and oxygen atoms in total. The van der Waals surface area contributed by atoms with E-state index < -0.39 is 0 Å². The van der Waals surface area contributed by atoms with Gasteiger partial charge in [0.15, 0.2) is 6.29 Å². The number of carbonyl (C=O) groups is 1. The fourth-order valence-electron chi connectivity index (χ4n) is 1.04. The molecule has 1 N–H and O–H groups in total. The number of aldehydes is 1. The average Bonchev–Trinajstić information content (AvgIpc) is 2.16. The third-order valence-corrected chi connectivity index (χ3v) is 1.72. The van der Waals surface area contributed by atoms with E-state index in [4.69, 9.17) is 5.11 Å². The second kappa shape index (κ2) is 3.97. The third kappa shape index (κ3) is 1.68. The molecule has 0 aromatic carbocycles. The minimum absolute atomic E-state index is 0.120. The predicted molar refractivity (Wildman–Crippen MR) is 44.9 cm³/mol. The van der Waals surface area contributed by atoms with Crippen LogP contribution in [0.1, 0.15) is 28.7 Å². The lowest BCUT2D eigenvalue weighted by atomic mass is 10.1. The Balaban J connectivity index is 3.10. The highest BCUT2D eigenvalue weighted by Gasteiger charge is 2.01. The predicted octanol–water partition coefficient (Wildman–Crippen LogP) is 0.949. The van der Waals surface area contributed by atoms with Crippen LogP contribution in [0.2, 0.25) is 0 Å². The molecule has 64 valence electrons. The van der Waals surface area contributed by atoms with E-state index in [1.165, 1.54) is 0 Å². The summed E-state index contributed by atoms with van der Waals surface area (Å²) >= 11 is 0. The van der Waals surface area contributed by atoms with Gasteiger partial charge in [-0.3, -0.25) is 4.79 Å². The van der Waals surface area contributed by atoms with Crippen molar-refractivity contribution in [2.45, 2.75) is 20.0 Å². The van der Waals surface area contributed by atoms with Crippen LogP contribution in [0.3, 0.4) is 0 Å². The quantitative estimate of drug-likeness (QED) is 0.678. The van der Waals surface area contributed by atoms with Gasteiger partial charge in [0.25, 0.3) is 0 Å². The van der Waals surface area contributed by atoms with Crippen LogP contribution in [0.25, 0.3) is 0 Å². The van der Waals surface area contributed by atoms with Crippen molar-refractivity contribution in [3.63, 3.8) is 0 Å². The number of hydrogen-bond acceptors (Lipinski definition) is 3. The molecular weight excluding hydrogens is 154 g/mol. The van der Waals surface area contributed by atoms with Crippen molar-refractivity contribution >= 4 is 6.29 Å². The van der Waals surface area contributed by atoms with Crippen molar-refractivity contribution in [3.05, 3.63) is 29.1 Å². The third-order valence-electron chi connectivity index (χ3n) is 1.72. The summed E-state index contributed by atoms with van der Waals surface area (Å²) in [5.74, 6) is 0. The number of carbonyl (C=O) groups excluding carboxylic acids is 1. The van der Waals surface area contributed by atoms with Gasteiger partial charge in [-0.15, -0.1) is 0 Å². The molecule has 0 saturated heterocycles. The Hall–Kier alpha value is -1.22. The number of aliphatic hydroxyl groups is 1. The summed E-state index contributed by atoms with van der Waals surface area (Å²) in [6, 6.07) is 3.55. The zero-order valence-electron chi connectivity index (χ0n) is 6.95. The number of aryl methyl sites for hydroxylation is 1. The van der Waals surface area contributed by atoms with Gasteiger partial charge in [0.05, 0.1) is 12.3 Å². The smallest absolute Gasteiger partial charge is 0.168 e. The van der Waals surface area contributed by atoms with Crippen LogP contribution < -0.4 is 0 Å². The highest BCUT2D eigenvalue weighted by atomic mass is 16.3. The summed E-state index contributed by atoms with van der Waals surface area (Å²) in [6.45, 7) is 1.84. The van der Waals surface area contributed by atoms with Crippen molar-refractivity contribution in [1.82, 2.24) is 4.98 Å². The number of nitrogens with zero attached hydrogens (tertiary/aromatic N) is 1. The van der Waals surface area contributed by atoms with E-state index in [9.17, 15) is 4.79 Å². The number of aliphatic hydroxyl groups excluding tert-OH is 1. The molecule has 1 aromatic rings. The minimum Gasteiger partial charge on any atom is -0.390 e. The second-order valence-corrected chi connectivity index (χ2v) is 2.48. The molecule has 0 unspecified atom stereocenters. The topological polar surface area (TPSA) is 50.2 Å². The Morgan fingerprint density at radius 1 is 1.58 bits per heavy atom. The van der Waals surface area contributed by atoms with Crippen LogP contribution in [-0.2, 0) is 13.0 Å². The summed E-state index contributed by atoms with van der Waals surface area (Å²) in [6.07, 6.45) is 1.50. The molecule has 0 saturated carbocycles. The number of rotatable bonds is 3. The van der Waals surface area contributed by atoms with Crippen LogP contribution in [0.4, 0.5) is 0 Å².